The minimum atomic E-state index is -4.67. The molecular formula is C7H5F3NO. The van der Waals surface area contributed by atoms with Crippen LogP contribution < -0.4 is 4.74 Å². The van der Waals surface area contributed by atoms with Crippen molar-refractivity contribution in [2.24, 2.45) is 0 Å². The SMILES string of the molecule is [CH2]c1cncc(OC(F)(F)F)c1. The third-order valence-corrected chi connectivity index (χ3v) is 1.00. The van der Waals surface area contributed by atoms with E-state index in [9.17, 15) is 13.2 Å². The first-order valence-electron chi connectivity index (χ1n) is 3.00. The van der Waals surface area contributed by atoms with Crippen LogP contribution in [0.4, 0.5) is 13.2 Å². The Morgan fingerprint density at radius 1 is 1.33 bits per heavy atom. The van der Waals surface area contributed by atoms with E-state index in [0.29, 0.717) is 5.56 Å². The fraction of sp³-hybridized carbons (Fsp3) is 0.143. The molecule has 0 aliphatic heterocycles. The molecule has 0 aliphatic rings. The van der Waals surface area contributed by atoms with Gasteiger partial charge < -0.3 is 4.74 Å². The van der Waals surface area contributed by atoms with Gasteiger partial charge in [0.1, 0.15) is 5.75 Å². The van der Waals surface area contributed by atoms with Gasteiger partial charge in [-0.15, -0.1) is 13.2 Å². The first kappa shape index (κ1) is 8.83. The summed E-state index contributed by atoms with van der Waals surface area (Å²) < 4.78 is 38.4. The number of nitrogens with zero attached hydrogens (tertiary/aromatic N) is 1. The largest absolute Gasteiger partial charge is 0.573 e. The Labute approximate surface area is 67.0 Å². The van der Waals surface area contributed by atoms with E-state index in [1.165, 1.54) is 6.20 Å². The average Bonchev–Trinajstić information content (AvgIpc) is 1.82. The van der Waals surface area contributed by atoms with Gasteiger partial charge >= 0.3 is 6.36 Å². The number of alkyl halides is 3. The number of aromatic nitrogens is 1. The zero-order valence-corrected chi connectivity index (χ0v) is 5.93. The van der Waals surface area contributed by atoms with Crippen LogP contribution in [-0.4, -0.2) is 11.3 Å². The number of hydrogen-bond donors (Lipinski definition) is 0. The van der Waals surface area contributed by atoms with Crippen molar-refractivity contribution in [2.75, 3.05) is 0 Å². The van der Waals surface area contributed by atoms with E-state index in [4.69, 9.17) is 0 Å². The molecular weight excluding hydrogens is 171 g/mol. The van der Waals surface area contributed by atoms with Crippen molar-refractivity contribution in [3.05, 3.63) is 30.9 Å². The predicted octanol–water partition coefficient (Wildman–Crippen LogP) is 2.16. The van der Waals surface area contributed by atoms with Gasteiger partial charge in [-0.05, 0) is 18.6 Å². The maximum absolute atomic E-state index is 11.6. The number of rotatable bonds is 1. The van der Waals surface area contributed by atoms with Crippen LogP contribution in [0.5, 0.6) is 5.75 Å². The molecule has 1 aromatic heterocycles. The highest BCUT2D eigenvalue weighted by Gasteiger charge is 2.31. The molecule has 65 valence electrons. The fourth-order valence-electron chi connectivity index (χ4n) is 0.653. The average molecular weight is 176 g/mol. The molecule has 0 spiro atoms. The molecule has 0 N–H and O–H groups in total. The van der Waals surface area contributed by atoms with Crippen molar-refractivity contribution >= 4 is 0 Å². The summed E-state index contributed by atoms with van der Waals surface area (Å²) in [6.45, 7) is 3.40. The Morgan fingerprint density at radius 2 is 2.00 bits per heavy atom. The van der Waals surface area contributed by atoms with Crippen molar-refractivity contribution in [3.63, 3.8) is 0 Å². The van der Waals surface area contributed by atoms with Crippen LogP contribution in [0, 0.1) is 6.92 Å². The molecule has 0 unspecified atom stereocenters. The summed E-state index contributed by atoms with van der Waals surface area (Å²) in [5.74, 6) is -0.352. The third-order valence-electron chi connectivity index (χ3n) is 1.00. The molecule has 2 nitrogen and oxygen atoms in total. The van der Waals surface area contributed by atoms with Crippen molar-refractivity contribution < 1.29 is 17.9 Å². The molecule has 1 radical (unpaired) electrons. The summed E-state index contributed by atoms with van der Waals surface area (Å²) in [6, 6.07) is 1.15. The highest BCUT2D eigenvalue weighted by molar-refractivity contribution is 5.25. The van der Waals surface area contributed by atoms with Crippen molar-refractivity contribution in [3.8, 4) is 5.75 Å². The Hall–Kier alpha value is -1.26. The van der Waals surface area contributed by atoms with Crippen LogP contribution in [0.1, 0.15) is 5.56 Å². The maximum Gasteiger partial charge on any atom is 0.573 e. The minimum absolute atomic E-state index is 0.352. The lowest BCUT2D eigenvalue weighted by atomic mass is 10.3. The summed E-state index contributed by atoms with van der Waals surface area (Å²) in [6.07, 6.45) is -2.36. The quantitative estimate of drug-likeness (QED) is 0.654. The number of pyridine rings is 1. The van der Waals surface area contributed by atoms with Gasteiger partial charge in [0.05, 0.1) is 6.20 Å². The van der Waals surface area contributed by atoms with Crippen molar-refractivity contribution in [1.82, 2.24) is 4.98 Å². The molecule has 0 aliphatic carbocycles. The third kappa shape index (κ3) is 2.77. The van der Waals surface area contributed by atoms with Gasteiger partial charge in [-0.25, -0.2) is 0 Å². The summed E-state index contributed by atoms with van der Waals surface area (Å²) in [4.78, 5) is 3.48. The maximum atomic E-state index is 11.6. The molecule has 0 saturated carbocycles. The molecule has 0 saturated heterocycles. The first-order chi connectivity index (χ1) is 5.47. The molecule has 1 heterocycles. The van der Waals surface area contributed by atoms with E-state index in [1.807, 2.05) is 0 Å². The van der Waals surface area contributed by atoms with Crippen LogP contribution in [0.15, 0.2) is 18.5 Å². The molecule has 0 fully saturated rings. The van der Waals surface area contributed by atoms with E-state index in [1.54, 1.807) is 0 Å². The summed E-state index contributed by atoms with van der Waals surface area (Å²) >= 11 is 0. The van der Waals surface area contributed by atoms with Gasteiger partial charge in [-0.2, -0.15) is 0 Å². The van der Waals surface area contributed by atoms with Crippen LogP contribution in [-0.2, 0) is 0 Å². The number of ether oxygens (including phenoxy) is 1. The Morgan fingerprint density at radius 3 is 2.50 bits per heavy atom. The second kappa shape index (κ2) is 3.00. The topological polar surface area (TPSA) is 22.1 Å². The van der Waals surface area contributed by atoms with E-state index in [0.717, 1.165) is 12.3 Å². The van der Waals surface area contributed by atoms with Gasteiger partial charge in [0.2, 0.25) is 0 Å². The highest BCUT2D eigenvalue weighted by atomic mass is 19.4. The normalized spacial score (nSPS) is 11.3. The van der Waals surface area contributed by atoms with Gasteiger partial charge in [-0.1, -0.05) is 0 Å². The van der Waals surface area contributed by atoms with Crippen molar-refractivity contribution in [2.45, 2.75) is 6.36 Å². The van der Waals surface area contributed by atoms with E-state index < -0.39 is 6.36 Å². The molecule has 12 heavy (non-hydrogen) atoms. The van der Waals surface area contributed by atoms with Crippen LogP contribution in [0.2, 0.25) is 0 Å². The smallest absolute Gasteiger partial charge is 0.404 e. The van der Waals surface area contributed by atoms with E-state index in [-0.39, 0.29) is 5.75 Å². The van der Waals surface area contributed by atoms with E-state index in [2.05, 4.69) is 16.6 Å². The monoisotopic (exact) mass is 176 g/mol. The molecule has 5 heteroatoms. The Balaban J connectivity index is 2.77. The van der Waals surface area contributed by atoms with Crippen LogP contribution >= 0.6 is 0 Å². The van der Waals surface area contributed by atoms with Gasteiger partial charge in [0.25, 0.3) is 0 Å². The first-order valence-corrected chi connectivity index (χ1v) is 3.00. The second-order valence-corrected chi connectivity index (χ2v) is 2.08. The van der Waals surface area contributed by atoms with Gasteiger partial charge in [0, 0.05) is 6.20 Å². The second-order valence-electron chi connectivity index (χ2n) is 2.08. The minimum Gasteiger partial charge on any atom is -0.404 e. The fourth-order valence-corrected chi connectivity index (χ4v) is 0.653. The molecule has 0 bridgehead atoms. The van der Waals surface area contributed by atoms with Gasteiger partial charge in [-0.3, -0.25) is 4.98 Å². The van der Waals surface area contributed by atoms with Crippen molar-refractivity contribution in [1.29, 1.82) is 0 Å². The summed E-state index contributed by atoms with van der Waals surface area (Å²) in [5, 5.41) is 0. The van der Waals surface area contributed by atoms with E-state index >= 15 is 0 Å². The van der Waals surface area contributed by atoms with Gasteiger partial charge in [0.15, 0.2) is 0 Å². The number of hydrogen-bond acceptors (Lipinski definition) is 2. The highest BCUT2D eigenvalue weighted by Crippen LogP contribution is 2.21. The number of halogens is 3. The lowest BCUT2D eigenvalue weighted by molar-refractivity contribution is -0.274. The Kier molecular flexibility index (Phi) is 2.21. The summed E-state index contributed by atoms with van der Waals surface area (Å²) in [5.41, 5.74) is 0.372. The molecule has 1 rings (SSSR count). The van der Waals surface area contributed by atoms with Crippen LogP contribution in [0.3, 0.4) is 0 Å². The molecule has 0 atom stereocenters. The lowest BCUT2D eigenvalue weighted by Crippen LogP contribution is -2.17. The zero-order valence-electron chi connectivity index (χ0n) is 5.93. The molecule has 1 aromatic rings. The standard InChI is InChI=1S/C7H5F3NO/c1-5-2-6(4-11-3-5)12-7(8,9)10/h2-4H,1H2. The Bertz CT molecular complexity index is 272. The zero-order chi connectivity index (χ0) is 9.19. The lowest BCUT2D eigenvalue weighted by Gasteiger charge is -2.07. The predicted molar refractivity (Wildman–Crippen MR) is 35.4 cm³/mol. The van der Waals surface area contributed by atoms with Crippen LogP contribution in [0.25, 0.3) is 0 Å². The summed E-state index contributed by atoms with van der Waals surface area (Å²) in [7, 11) is 0. The molecule has 0 aromatic carbocycles. The molecule has 0 amide bonds.